The average Bonchev–Trinajstić information content (AvgIpc) is 3.07. The van der Waals surface area contributed by atoms with Gasteiger partial charge < -0.3 is 5.11 Å². The third-order valence-electron chi connectivity index (χ3n) is 4.81. The molecule has 0 N–H and O–H groups in total. The van der Waals surface area contributed by atoms with Gasteiger partial charge in [0.15, 0.2) is 0 Å². The van der Waals surface area contributed by atoms with Crippen molar-refractivity contribution in [3.63, 3.8) is 0 Å². The molecule has 2 heterocycles. The predicted octanol–water partition coefficient (Wildman–Crippen LogP) is 2.73. The molecule has 0 saturated heterocycles. The topological polar surface area (TPSA) is 108 Å². The Hall–Kier alpha value is -3.49. The minimum absolute atomic E-state index is 0.00131. The van der Waals surface area contributed by atoms with Gasteiger partial charge in [-0.15, -0.1) is 0 Å². The highest BCUT2D eigenvalue weighted by Gasteiger charge is 2.38. The number of fused-ring (bicyclic) bond motifs is 2. The Morgan fingerprint density at radius 1 is 0.677 bits per heavy atom. The highest BCUT2D eigenvalue weighted by Crippen LogP contribution is 2.36. The minimum Gasteiger partial charge on any atom is -0.871 e. The number of ketones is 1. The molecular formula is C23H15O6S2-. The summed E-state index contributed by atoms with van der Waals surface area (Å²) in [5, 5.41) is 12.3. The Morgan fingerprint density at radius 3 is 1.87 bits per heavy atom. The second-order valence-electron chi connectivity index (χ2n) is 6.68. The van der Waals surface area contributed by atoms with Crippen LogP contribution in [-0.2, 0) is 19.7 Å². The van der Waals surface area contributed by atoms with Crippen LogP contribution in [0, 0.1) is 0 Å². The van der Waals surface area contributed by atoms with Crippen molar-refractivity contribution in [2.45, 2.75) is 9.79 Å². The Balaban J connectivity index is 1.49. The van der Waals surface area contributed by atoms with Gasteiger partial charge in [-0.05, 0) is 35.9 Å². The Morgan fingerprint density at radius 2 is 1.23 bits per heavy atom. The van der Waals surface area contributed by atoms with Crippen molar-refractivity contribution < 1.29 is 26.7 Å². The summed E-state index contributed by atoms with van der Waals surface area (Å²) in [7, 11) is -7.67. The highest BCUT2D eigenvalue weighted by atomic mass is 32.2. The van der Waals surface area contributed by atoms with Gasteiger partial charge in [0.05, 0.1) is 14.7 Å². The molecule has 0 aromatic heterocycles. The fourth-order valence-electron chi connectivity index (χ4n) is 3.33. The number of carbonyl (C=O) groups excluding carboxylic acids is 1. The first-order chi connectivity index (χ1) is 14.8. The standard InChI is InChI=1S/C23H16O6S2/c24-22-16-10-6-8-12-18(16)30(26,27)20(22)14-4-2-1-3-5-15-21-23(25)17-11-7-9-13-19(17)31(21,28)29/h1-15,24H/p-1/b2-1+,5-3+,14-4+,21-15-. The van der Waals surface area contributed by atoms with E-state index in [-0.39, 0.29) is 30.7 Å². The van der Waals surface area contributed by atoms with Crippen molar-refractivity contribution in [3.8, 4) is 0 Å². The van der Waals surface area contributed by atoms with Crippen LogP contribution in [0.2, 0.25) is 0 Å². The van der Waals surface area contributed by atoms with Crippen LogP contribution in [0.1, 0.15) is 15.9 Å². The zero-order valence-electron chi connectivity index (χ0n) is 15.9. The van der Waals surface area contributed by atoms with Gasteiger partial charge in [-0.3, -0.25) is 4.79 Å². The van der Waals surface area contributed by atoms with E-state index < -0.39 is 31.2 Å². The molecule has 8 heteroatoms. The van der Waals surface area contributed by atoms with Crippen LogP contribution >= 0.6 is 0 Å². The van der Waals surface area contributed by atoms with E-state index in [1.165, 1.54) is 66.8 Å². The molecule has 0 saturated carbocycles. The molecule has 0 spiro atoms. The molecule has 2 aliphatic rings. The van der Waals surface area contributed by atoms with Gasteiger partial charge in [0.2, 0.25) is 25.5 Å². The van der Waals surface area contributed by atoms with Crippen LogP contribution in [0.25, 0.3) is 5.76 Å². The Bertz CT molecular complexity index is 1470. The molecule has 6 nitrogen and oxygen atoms in total. The maximum absolute atomic E-state index is 12.4. The van der Waals surface area contributed by atoms with Gasteiger partial charge >= 0.3 is 0 Å². The first-order valence-electron chi connectivity index (χ1n) is 9.12. The molecule has 0 radical (unpaired) electrons. The number of Topliss-reactive ketones (excluding diaryl/α,β-unsaturated/α-hetero) is 1. The van der Waals surface area contributed by atoms with Crippen molar-refractivity contribution in [2.75, 3.05) is 0 Å². The van der Waals surface area contributed by atoms with E-state index in [1.54, 1.807) is 24.3 Å². The van der Waals surface area contributed by atoms with E-state index >= 15 is 0 Å². The molecule has 0 fully saturated rings. The van der Waals surface area contributed by atoms with Crippen molar-refractivity contribution in [3.05, 3.63) is 112 Å². The summed E-state index contributed by atoms with van der Waals surface area (Å²) in [6.45, 7) is 0. The normalized spacial score (nSPS) is 20.4. The molecule has 0 atom stereocenters. The van der Waals surface area contributed by atoms with E-state index in [4.69, 9.17) is 0 Å². The van der Waals surface area contributed by atoms with E-state index in [1.807, 2.05) is 0 Å². The number of allylic oxidation sites excluding steroid dienone is 8. The predicted molar refractivity (Wildman–Crippen MR) is 114 cm³/mol. The van der Waals surface area contributed by atoms with Crippen LogP contribution in [0.15, 0.2) is 111 Å². The van der Waals surface area contributed by atoms with Gasteiger partial charge in [0, 0.05) is 5.56 Å². The minimum atomic E-state index is -3.83. The molecule has 2 aliphatic heterocycles. The van der Waals surface area contributed by atoms with Gasteiger partial charge in [0.25, 0.3) is 0 Å². The van der Waals surface area contributed by atoms with Crippen LogP contribution in [0.4, 0.5) is 0 Å². The molecule has 0 bridgehead atoms. The quantitative estimate of drug-likeness (QED) is 0.522. The molecule has 31 heavy (non-hydrogen) atoms. The van der Waals surface area contributed by atoms with E-state index in [2.05, 4.69) is 0 Å². The summed E-state index contributed by atoms with van der Waals surface area (Å²) in [5.74, 6) is -1.10. The monoisotopic (exact) mass is 451 g/mol. The van der Waals surface area contributed by atoms with E-state index in [0.717, 1.165) is 0 Å². The molecule has 0 unspecified atom stereocenters. The second kappa shape index (κ2) is 7.64. The van der Waals surface area contributed by atoms with Gasteiger partial charge in [0.1, 0.15) is 4.91 Å². The zero-order valence-corrected chi connectivity index (χ0v) is 17.6. The van der Waals surface area contributed by atoms with E-state index in [9.17, 15) is 26.7 Å². The number of hydrogen-bond acceptors (Lipinski definition) is 6. The smallest absolute Gasteiger partial charge is 0.211 e. The Kier molecular flexibility index (Phi) is 5.12. The summed E-state index contributed by atoms with van der Waals surface area (Å²) in [6, 6.07) is 12.1. The fraction of sp³-hybridized carbons (Fsp3) is 0. The lowest BCUT2D eigenvalue weighted by molar-refractivity contribution is -0.244. The largest absolute Gasteiger partial charge is 0.871 e. The Labute approximate surface area is 179 Å². The second-order valence-corrected chi connectivity index (χ2v) is 10.5. The number of carbonyl (C=O) groups is 1. The third kappa shape index (κ3) is 3.39. The number of rotatable bonds is 4. The zero-order chi connectivity index (χ0) is 22.2. The van der Waals surface area contributed by atoms with Crippen LogP contribution in [0.3, 0.4) is 0 Å². The summed E-state index contributed by atoms with van der Waals surface area (Å²) < 4.78 is 49.8. The fourth-order valence-corrected chi connectivity index (χ4v) is 6.45. The van der Waals surface area contributed by atoms with Gasteiger partial charge in [-0.2, -0.15) is 0 Å². The molecule has 0 amide bonds. The van der Waals surface area contributed by atoms with Crippen LogP contribution < -0.4 is 5.11 Å². The first-order valence-corrected chi connectivity index (χ1v) is 12.1. The average molecular weight is 452 g/mol. The lowest BCUT2D eigenvalue weighted by Crippen LogP contribution is -2.02. The van der Waals surface area contributed by atoms with Crippen LogP contribution in [0.5, 0.6) is 0 Å². The maximum atomic E-state index is 12.4. The summed E-state index contributed by atoms with van der Waals surface area (Å²) in [5.41, 5.74) is 0.308. The highest BCUT2D eigenvalue weighted by molar-refractivity contribution is 7.97. The number of sulfone groups is 2. The van der Waals surface area contributed by atoms with Crippen molar-refractivity contribution >= 4 is 31.2 Å². The van der Waals surface area contributed by atoms with Crippen molar-refractivity contribution in [2.24, 2.45) is 0 Å². The van der Waals surface area contributed by atoms with Crippen molar-refractivity contribution in [1.82, 2.24) is 0 Å². The number of benzene rings is 2. The SMILES string of the molecule is O=C1/C(=C/C=C/C=C/C=C/C2=C([O-])c3ccccc3S2(=O)=O)S(=O)(=O)c2ccccc21. The van der Waals surface area contributed by atoms with Crippen LogP contribution in [-0.4, -0.2) is 22.6 Å². The first kappa shape index (κ1) is 20.8. The van der Waals surface area contributed by atoms with Gasteiger partial charge in [-0.25, -0.2) is 16.8 Å². The van der Waals surface area contributed by atoms with E-state index in [0.29, 0.717) is 0 Å². The maximum Gasteiger partial charge on any atom is 0.211 e. The lowest BCUT2D eigenvalue weighted by Gasteiger charge is -2.07. The number of hydrogen-bond donors (Lipinski definition) is 0. The molecule has 4 rings (SSSR count). The molecule has 2 aromatic rings. The molecule has 156 valence electrons. The summed E-state index contributed by atoms with van der Waals surface area (Å²) in [4.78, 5) is 11.7. The molecular weight excluding hydrogens is 436 g/mol. The molecule has 0 aliphatic carbocycles. The molecule has 2 aromatic carbocycles. The summed E-state index contributed by atoms with van der Waals surface area (Å²) >= 11 is 0. The lowest BCUT2D eigenvalue weighted by atomic mass is 10.1. The van der Waals surface area contributed by atoms with Gasteiger partial charge in [-0.1, -0.05) is 66.5 Å². The summed E-state index contributed by atoms with van der Waals surface area (Å²) in [6.07, 6.45) is 9.76. The third-order valence-corrected chi connectivity index (χ3v) is 8.48. The van der Waals surface area contributed by atoms with Crippen molar-refractivity contribution in [1.29, 1.82) is 0 Å².